The molecule has 1 rings (SSSR count). The van der Waals surface area contributed by atoms with E-state index in [-0.39, 0.29) is 5.97 Å². The molecule has 1 aromatic rings. The van der Waals surface area contributed by atoms with Gasteiger partial charge in [0, 0.05) is 24.0 Å². The van der Waals surface area contributed by atoms with Crippen molar-refractivity contribution in [2.45, 2.75) is 33.6 Å². The second-order valence-corrected chi connectivity index (χ2v) is 5.92. The molecule has 1 unspecified atom stereocenters. The quantitative estimate of drug-likeness (QED) is 0.772. The van der Waals surface area contributed by atoms with Crippen LogP contribution < -0.4 is 5.73 Å². The Labute approximate surface area is 113 Å². The van der Waals surface area contributed by atoms with Gasteiger partial charge in [0.1, 0.15) is 0 Å². The molecule has 0 bridgehead atoms. The van der Waals surface area contributed by atoms with Gasteiger partial charge in [-0.2, -0.15) is 0 Å². The van der Waals surface area contributed by atoms with E-state index in [2.05, 4.69) is 18.8 Å². The lowest BCUT2D eigenvalue weighted by Gasteiger charge is -2.31. The molecular weight excluding hydrogens is 248 g/mol. The van der Waals surface area contributed by atoms with Crippen LogP contribution in [0.5, 0.6) is 0 Å². The largest absolute Gasteiger partial charge is 0.466 e. The van der Waals surface area contributed by atoms with E-state index in [1.807, 2.05) is 6.92 Å². The van der Waals surface area contributed by atoms with Crippen LogP contribution in [0.2, 0.25) is 0 Å². The van der Waals surface area contributed by atoms with Gasteiger partial charge >= 0.3 is 5.97 Å². The molecule has 0 aliphatic heterocycles. The van der Waals surface area contributed by atoms with Gasteiger partial charge in [0.25, 0.3) is 0 Å². The molecule has 0 amide bonds. The highest BCUT2D eigenvalue weighted by atomic mass is 32.1. The Morgan fingerprint density at radius 2 is 2.33 bits per heavy atom. The summed E-state index contributed by atoms with van der Waals surface area (Å²) in [7, 11) is 0. The summed E-state index contributed by atoms with van der Waals surface area (Å²) in [6, 6.07) is 0. The average Bonchev–Trinajstić information content (AvgIpc) is 2.80. The molecule has 2 N–H and O–H groups in total. The number of carbonyl (C=O) groups excluding carboxylic acids is 1. The van der Waals surface area contributed by atoms with Gasteiger partial charge in [0.15, 0.2) is 0 Å². The Bertz CT molecular complexity index is 365. The van der Waals surface area contributed by atoms with Gasteiger partial charge in [-0.1, -0.05) is 13.8 Å². The average molecular weight is 270 g/mol. The maximum atomic E-state index is 12.2. The third-order valence-corrected chi connectivity index (χ3v) is 3.67. The Kier molecular flexibility index (Phi) is 5.75. The van der Waals surface area contributed by atoms with Crippen LogP contribution in [0.4, 0.5) is 0 Å². The van der Waals surface area contributed by atoms with Crippen molar-refractivity contribution in [2.75, 3.05) is 13.2 Å². The maximum Gasteiger partial charge on any atom is 0.313 e. The summed E-state index contributed by atoms with van der Waals surface area (Å²) in [6.45, 7) is 6.71. The molecular formula is C13H22N2O2S. The molecule has 18 heavy (non-hydrogen) atoms. The molecule has 0 fully saturated rings. The monoisotopic (exact) mass is 270 g/mol. The van der Waals surface area contributed by atoms with E-state index >= 15 is 0 Å². The second-order valence-electron chi connectivity index (χ2n) is 4.95. The fraction of sp³-hybridized carbons (Fsp3) is 0.692. The second kappa shape index (κ2) is 6.85. The minimum absolute atomic E-state index is 0.186. The number of carbonyl (C=O) groups is 1. The van der Waals surface area contributed by atoms with E-state index in [0.29, 0.717) is 25.5 Å². The van der Waals surface area contributed by atoms with Crippen molar-refractivity contribution in [1.82, 2.24) is 4.98 Å². The van der Waals surface area contributed by atoms with E-state index in [4.69, 9.17) is 10.5 Å². The molecule has 0 spiro atoms. The number of hydrogen-bond acceptors (Lipinski definition) is 5. The Hall–Kier alpha value is -0.940. The van der Waals surface area contributed by atoms with Crippen molar-refractivity contribution < 1.29 is 9.53 Å². The molecule has 1 heterocycles. The van der Waals surface area contributed by atoms with Crippen LogP contribution in [0, 0.1) is 11.3 Å². The van der Waals surface area contributed by atoms with Crippen molar-refractivity contribution in [2.24, 2.45) is 17.1 Å². The highest BCUT2D eigenvalue weighted by molar-refractivity contribution is 7.09. The molecule has 0 aliphatic rings. The highest BCUT2D eigenvalue weighted by Gasteiger charge is 2.39. The number of nitrogens with zero attached hydrogens (tertiary/aromatic N) is 1. The molecule has 1 aromatic heterocycles. The summed E-state index contributed by atoms with van der Waals surface area (Å²) < 4.78 is 5.21. The lowest BCUT2D eigenvalue weighted by atomic mass is 9.77. The van der Waals surface area contributed by atoms with Gasteiger partial charge in [-0.25, -0.2) is 0 Å². The Morgan fingerprint density at radius 1 is 1.61 bits per heavy atom. The summed E-state index contributed by atoms with van der Waals surface area (Å²) >= 11 is 1.55. The molecule has 0 saturated heterocycles. The molecule has 0 aliphatic carbocycles. The number of hydrogen-bond donors (Lipinski definition) is 1. The zero-order chi connectivity index (χ0) is 13.6. The molecule has 1 atom stereocenters. The first-order valence-electron chi connectivity index (χ1n) is 6.28. The van der Waals surface area contributed by atoms with Crippen LogP contribution >= 0.6 is 11.3 Å². The van der Waals surface area contributed by atoms with Gasteiger partial charge in [-0.05, 0) is 19.3 Å². The van der Waals surface area contributed by atoms with E-state index in [0.717, 1.165) is 11.3 Å². The van der Waals surface area contributed by atoms with Crippen molar-refractivity contribution in [3.63, 3.8) is 0 Å². The third kappa shape index (κ3) is 3.78. The maximum absolute atomic E-state index is 12.2. The van der Waals surface area contributed by atoms with Gasteiger partial charge < -0.3 is 10.5 Å². The Morgan fingerprint density at radius 3 is 2.78 bits per heavy atom. The fourth-order valence-electron chi connectivity index (χ4n) is 2.20. The summed E-state index contributed by atoms with van der Waals surface area (Å²) in [4.78, 5) is 17.4. The van der Waals surface area contributed by atoms with Crippen LogP contribution in [0.3, 0.4) is 0 Å². The zero-order valence-electron chi connectivity index (χ0n) is 11.3. The number of aromatic nitrogens is 1. The van der Waals surface area contributed by atoms with Gasteiger partial charge in [-0.3, -0.25) is 9.78 Å². The SMILES string of the molecule is CCOC(=O)C(CN)(Cc1cncs1)CC(C)C. The first-order valence-corrected chi connectivity index (χ1v) is 7.16. The van der Waals surface area contributed by atoms with Gasteiger partial charge in [0.05, 0.1) is 17.5 Å². The summed E-state index contributed by atoms with van der Waals surface area (Å²) in [5.41, 5.74) is 7.05. The van der Waals surface area contributed by atoms with E-state index in [1.54, 1.807) is 23.0 Å². The zero-order valence-corrected chi connectivity index (χ0v) is 12.1. The normalized spacial score (nSPS) is 14.5. The van der Waals surface area contributed by atoms with Crippen LogP contribution in [0.25, 0.3) is 0 Å². The first-order chi connectivity index (χ1) is 8.54. The van der Waals surface area contributed by atoms with Crippen molar-refractivity contribution in [3.8, 4) is 0 Å². The molecule has 5 heteroatoms. The lowest BCUT2D eigenvalue weighted by Crippen LogP contribution is -2.43. The topological polar surface area (TPSA) is 65.2 Å². The van der Waals surface area contributed by atoms with Crippen molar-refractivity contribution in [1.29, 1.82) is 0 Å². The van der Waals surface area contributed by atoms with E-state index < -0.39 is 5.41 Å². The van der Waals surface area contributed by atoms with Crippen molar-refractivity contribution in [3.05, 3.63) is 16.6 Å². The van der Waals surface area contributed by atoms with E-state index in [1.165, 1.54) is 0 Å². The van der Waals surface area contributed by atoms with Crippen LogP contribution in [-0.2, 0) is 16.0 Å². The van der Waals surface area contributed by atoms with Crippen LogP contribution in [-0.4, -0.2) is 24.1 Å². The van der Waals surface area contributed by atoms with Crippen LogP contribution in [0.1, 0.15) is 32.1 Å². The molecule has 0 saturated carbocycles. The number of thiazole rings is 1. The van der Waals surface area contributed by atoms with Crippen LogP contribution in [0.15, 0.2) is 11.7 Å². The van der Waals surface area contributed by atoms with Gasteiger partial charge in [0.2, 0.25) is 0 Å². The van der Waals surface area contributed by atoms with Crippen molar-refractivity contribution >= 4 is 17.3 Å². The lowest BCUT2D eigenvalue weighted by molar-refractivity contribution is -0.156. The molecule has 102 valence electrons. The predicted molar refractivity (Wildman–Crippen MR) is 73.4 cm³/mol. The fourth-order valence-corrected chi connectivity index (χ4v) is 2.93. The minimum Gasteiger partial charge on any atom is -0.466 e. The third-order valence-electron chi connectivity index (χ3n) is 2.89. The number of ether oxygens (including phenoxy) is 1. The minimum atomic E-state index is -0.614. The number of nitrogens with two attached hydrogens (primary N) is 1. The summed E-state index contributed by atoms with van der Waals surface area (Å²) in [5.74, 6) is 0.209. The van der Waals surface area contributed by atoms with E-state index in [9.17, 15) is 4.79 Å². The first kappa shape index (κ1) is 15.1. The standard InChI is InChI=1S/C13H22N2O2S/c1-4-17-12(16)13(8-14,5-10(2)3)6-11-7-15-9-18-11/h7,9-10H,4-6,8,14H2,1-3H3. The van der Waals surface area contributed by atoms with Gasteiger partial charge in [-0.15, -0.1) is 11.3 Å². The molecule has 0 aromatic carbocycles. The smallest absolute Gasteiger partial charge is 0.313 e. The summed E-state index contributed by atoms with van der Waals surface area (Å²) in [6.07, 6.45) is 3.15. The Balaban J connectivity index is 2.93. The molecule has 4 nitrogen and oxygen atoms in total. The predicted octanol–water partition coefficient (Wildman–Crippen LogP) is 2.24. The number of rotatable bonds is 7. The number of esters is 1. The highest BCUT2D eigenvalue weighted by Crippen LogP contribution is 2.32. The molecule has 0 radical (unpaired) electrons. The summed E-state index contributed by atoms with van der Waals surface area (Å²) in [5, 5.41) is 0.